The van der Waals surface area contributed by atoms with E-state index >= 15 is 0 Å². The van der Waals surface area contributed by atoms with Crippen LogP contribution in [0.5, 0.6) is 5.75 Å². The molecule has 3 rings (SSSR count). The van der Waals surface area contributed by atoms with Crippen LogP contribution in [0.15, 0.2) is 43.2 Å². The predicted octanol–water partition coefficient (Wildman–Crippen LogP) is 1.74. The summed E-state index contributed by atoms with van der Waals surface area (Å²) in [7, 11) is 3.87. The fraction of sp³-hybridized carbons (Fsp3) is 0.348. The molecule has 0 bridgehead atoms. The van der Waals surface area contributed by atoms with E-state index in [1.807, 2.05) is 25.1 Å². The molecular formula is C23H27N7O3. The van der Waals surface area contributed by atoms with E-state index in [1.54, 1.807) is 23.1 Å². The van der Waals surface area contributed by atoms with Crippen LogP contribution in [0.4, 0.5) is 11.6 Å². The van der Waals surface area contributed by atoms with E-state index in [-0.39, 0.29) is 17.9 Å². The highest BCUT2D eigenvalue weighted by Crippen LogP contribution is 2.27. The Morgan fingerprint density at radius 2 is 2.12 bits per heavy atom. The second kappa shape index (κ2) is 11.1. The van der Waals surface area contributed by atoms with Crippen LogP contribution in [0.3, 0.4) is 0 Å². The minimum atomic E-state index is -0.356. The molecule has 33 heavy (non-hydrogen) atoms. The Morgan fingerprint density at radius 3 is 2.79 bits per heavy atom. The maximum absolute atomic E-state index is 13.1. The first-order chi connectivity index (χ1) is 15.9. The minimum absolute atomic E-state index is 0.00357. The molecule has 2 heterocycles. The van der Waals surface area contributed by atoms with Crippen LogP contribution in [-0.4, -0.2) is 78.0 Å². The van der Waals surface area contributed by atoms with Crippen molar-refractivity contribution in [2.24, 2.45) is 0 Å². The minimum Gasteiger partial charge on any atom is -0.490 e. The van der Waals surface area contributed by atoms with Gasteiger partial charge in [-0.15, -0.1) is 0 Å². The fourth-order valence-corrected chi connectivity index (χ4v) is 3.29. The highest BCUT2D eigenvalue weighted by molar-refractivity contribution is 6.01. The predicted molar refractivity (Wildman–Crippen MR) is 124 cm³/mol. The van der Waals surface area contributed by atoms with Gasteiger partial charge in [0.15, 0.2) is 0 Å². The first-order valence-corrected chi connectivity index (χ1v) is 10.5. The molecule has 1 saturated heterocycles. The summed E-state index contributed by atoms with van der Waals surface area (Å²) in [6.07, 6.45) is 4.84. The van der Waals surface area contributed by atoms with Crippen LogP contribution in [0.1, 0.15) is 22.3 Å². The van der Waals surface area contributed by atoms with Crippen LogP contribution in [0.25, 0.3) is 0 Å². The normalized spacial score (nSPS) is 15.1. The molecule has 1 atom stereocenters. The van der Waals surface area contributed by atoms with Crippen molar-refractivity contribution in [3.05, 3.63) is 54.4 Å². The molecule has 172 valence electrons. The summed E-state index contributed by atoms with van der Waals surface area (Å²) in [6, 6.07) is 6.97. The quantitative estimate of drug-likeness (QED) is 0.555. The van der Waals surface area contributed by atoms with Crippen molar-refractivity contribution in [3.63, 3.8) is 0 Å². The number of nitriles is 1. The SMILES string of the molecule is C=CC(=O)Nc1ccc(C(=O)N2CC[C@H](Nc3ncc(C#N)cn3)C2)cc1OCCN(C)C. The van der Waals surface area contributed by atoms with Crippen molar-refractivity contribution in [1.82, 2.24) is 19.8 Å². The van der Waals surface area contributed by atoms with Gasteiger partial charge in [0, 0.05) is 31.2 Å². The monoisotopic (exact) mass is 449 g/mol. The van der Waals surface area contributed by atoms with Crippen LogP contribution in [0.2, 0.25) is 0 Å². The highest BCUT2D eigenvalue weighted by atomic mass is 16.5. The molecule has 1 aromatic heterocycles. The lowest BCUT2D eigenvalue weighted by Gasteiger charge is -2.19. The van der Waals surface area contributed by atoms with E-state index in [9.17, 15) is 9.59 Å². The molecule has 1 aromatic carbocycles. The van der Waals surface area contributed by atoms with Gasteiger partial charge in [-0.2, -0.15) is 5.26 Å². The Hall–Kier alpha value is -3.97. The number of hydrogen-bond acceptors (Lipinski definition) is 8. The van der Waals surface area contributed by atoms with Gasteiger partial charge < -0.3 is 25.2 Å². The molecule has 2 aromatic rings. The van der Waals surface area contributed by atoms with Crippen molar-refractivity contribution in [3.8, 4) is 11.8 Å². The number of anilines is 2. The molecule has 2 N–H and O–H groups in total. The molecule has 10 heteroatoms. The molecule has 1 aliphatic heterocycles. The van der Waals surface area contributed by atoms with Crippen molar-refractivity contribution in [2.45, 2.75) is 12.5 Å². The summed E-state index contributed by atoms with van der Waals surface area (Å²) in [5.74, 6) is 0.370. The number of aromatic nitrogens is 2. The number of rotatable bonds is 9. The molecule has 2 amide bonds. The Kier molecular flexibility index (Phi) is 7.94. The van der Waals surface area contributed by atoms with Gasteiger partial charge in [-0.05, 0) is 44.8 Å². The summed E-state index contributed by atoms with van der Waals surface area (Å²) >= 11 is 0. The average Bonchev–Trinajstić information content (AvgIpc) is 3.28. The lowest BCUT2D eigenvalue weighted by molar-refractivity contribution is -0.111. The van der Waals surface area contributed by atoms with Crippen LogP contribution in [0, 0.1) is 11.3 Å². The Balaban J connectivity index is 1.68. The van der Waals surface area contributed by atoms with Gasteiger partial charge in [0.2, 0.25) is 11.9 Å². The number of likely N-dealkylation sites (N-methyl/N-ethyl adjacent to an activating group) is 1. The number of likely N-dealkylation sites (tertiary alicyclic amines) is 1. The van der Waals surface area contributed by atoms with Gasteiger partial charge in [0.1, 0.15) is 18.4 Å². The maximum atomic E-state index is 13.1. The van der Waals surface area contributed by atoms with Gasteiger partial charge in [-0.1, -0.05) is 6.58 Å². The van der Waals surface area contributed by atoms with E-state index in [0.29, 0.717) is 54.8 Å². The molecule has 0 saturated carbocycles. The highest BCUT2D eigenvalue weighted by Gasteiger charge is 2.28. The maximum Gasteiger partial charge on any atom is 0.254 e. The Morgan fingerprint density at radius 1 is 1.36 bits per heavy atom. The van der Waals surface area contributed by atoms with E-state index in [0.717, 1.165) is 6.42 Å². The first-order valence-electron chi connectivity index (χ1n) is 10.5. The molecule has 0 spiro atoms. The summed E-state index contributed by atoms with van der Waals surface area (Å²) in [5.41, 5.74) is 1.34. The molecule has 1 aliphatic rings. The van der Waals surface area contributed by atoms with Crippen molar-refractivity contribution < 1.29 is 14.3 Å². The zero-order valence-electron chi connectivity index (χ0n) is 18.7. The third-order valence-electron chi connectivity index (χ3n) is 5.06. The second-order valence-electron chi connectivity index (χ2n) is 7.84. The van der Waals surface area contributed by atoms with Crippen LogP contribution >= 0.6 is 0 Å². The van der Waals surface area contributed by atoms with Crippen molar-refractivity contribution in [1.29, 1.82) is 5.26 Å². The number of nitrogens with zero attached hydrogens (tertiary/aromatic N) is 5. The lowest BCUT2D eigenvalue weighted by Crippen LogP contribution is -2.32. The van der Waals surface area contributed by atoms with Crippen molar-refractivity contribution in [2.75, 3.05) is 51.0 Å². The zero-order valence-corrected chi connectivity index (χ0v) is 18.7. The Labute approximate surface area is 192 Å². The number of benzene rings is 1. The molecule has 1 fully saturated rings. The van der Waals surface area contributed by atoms with Gasteiger partial charge in [0.05, 0.1) is 23.6 Å². The number of amides is 2. The summed E-state index contributed by atoms with van der Waals surface area (Å²) in [5, 5.41) is 14.8. The van der Waals surface area contributed by atoms with Crippen LogP contribution in [-0.2, 0) is 4.79 Å². The Bertz CT molecular complexity index is 1050. The largest absolute Gasteiger partial charge is 0.490 e. The topological polar surface area (TPSA) is 123 Å². The molecule has 10 nitrogen and oxygen atoms in total. The number of hydrogen-bond donors (Lipinski definition) is 2. The van der Waals surface area contributed by atoms with Gasteiger partial charge in [-0.3, -0.25) is 9.59 Å². The van der Waals surface area contributed by atoms with Gasteiger partial charge in [0.25, 0.3) is 5.91 Å². The van der Waals surface area contributed by atoms with Gasteiger partial charge >= 0.3 is 0 Å². The third-order valence-corrected chi connectivity index (χ3v) is 5.06. The van der Waals surface area contributed by atoms with Crippen LogP contribution < -0.4 is 15.4 Å². The molecule has 0 unspecified atom stereocenters. The fourth-order valence-electron chi connectivity index (χ4n) is 3.29. The third kappa shape index (κ3) is 6.51. The van der Waals surface area contributed by atoms with E-state index in [2.05, 4.69) is 27.2 Å². The van der Waals surface area contributed by atoms with E-state index in [1.165, 1.54) is 18.5 Å². The number of carbonyl (C=O) groups excluding carboxylic acids is 2. The second-order valence-corrected chi connectivity index (χ2v) is 7.84. The number of carbonyl (C=O) groups is 2. The molecule has 0 radical (unpaired) electrons. The number of ether oxygens (including phenoxy) is 1. The van der Waals surface area contributed by atoms with Gasteiger partial charge in [-0.25, -0.2) is 9.97 Å². The number of nitrogens with one attached hydrogen (secondary N) is 2. The first kappa shape index (κ1) is 23.7. The van der Waals surface area contributed by atoms with E-state index < -0.39 is 0 Å². The standard InChI is InChI=1S/C23H27N7O3/c1-4-21(31)28-19-6-5-17(11-20(19)33-10-9-29(2)3)22(32)30-8-7-18(15-30)27-23-25-13-16(12-24)14-26-23/h4-6,11,13-14,18H,1,7-10,15H2,2-3H3,(H,28,31)(H,25,26,27)/t18-/m0/s1. The average molecular weight is 450 g/mol. The lowest BCUT2D eigenvalue weighted by atomic mass is 10.1. The van der Waals surface area contributed by atoms with Crippen molar-refractivity contribution >= 4 is 23.5 Å². The molecule has 0 aliphatic carbocycles. The summed E-state index contributed by atoms with van der Waals surface area (Å²) in [4.78, 5) is 36.9. The smallest absolute Gasteiger partial charge is 0.254 e. The molecular weight excluding hydrogens is 422 g/mol. The zero-order chi connectivity index (χ0) is 23.8. The summed E-state index contributed by atoms with van der Waals surface area (Å²) < 4.78 is 5.85. The summed E-state index contributed by atoms with van der Waals surface area (Å²) in [6.45, 7) is 5.63. The van der Waals surface area contributed by atoms with E-state index in [4.69, 9.17) is 10.00 Å².